The molecule has 2 aromatic rings. The number of hydrogen-bond donors (Lipinski definition) is 1. The lowest BCUT2D eigenvalue weighted by molar-refractivity contribution is 0.392. The molecule has 96 valence electrons. The van der Waals surface area contributed by atoms with Crippen LogP contribution in [0.1, 0.15) is 28.1 Å². The smallest absolute Gasteiger partial charge is 0.138 e. The molecule has 0 saturated heterocycles. The highest BCUT2D eigenvalue weighted by molar-refractivity contribution is 6.31. The van der Waals surface area contributed by atoms with E-state index in [1.54, 1.807) is 0 Å². The predicted octanol–water partition coefficient (Wildman–Crippen LogP) is 3.54. The summed E-state index contributed by atoms with van der Waals surface area (Å²) in [6, 6.07) is 6.10. The highest BCUT2D eigenvalue weighted by atomic mass is 35.5. The molecule has 0 radical (unpaired) electrons. The van der Waals surface area contributed by atoms with E-state index in [0.717, 1.165) is 40.7 Å². The van der Waals surface area contributed by atoms with Crippen molar-refractivity contribution in [1.82, 2.24) is 10.5 Å². The maximum atomic E-state index is 6.18. The molecule has 4 heteroatoms. The molecule has 0 aliphatic carbocycles. The highest BCUT2D eigenvalue weighted by Crippen LogP contribution is 2.18. The van der Waals surface area contributed by atoms with Crippen molar-refractivity contribution in [2.75, 3.05) is 0 Å². The van der Waals surface area contributed by atoms with Gasteiger partial charge < -0.3 is 9.84 Å². The van der Waals surface area contributed by atoms with Gasteiger partial charge in [0.25, 0.3) is 0 Å². The van der Waals surface area contributed by atoms with E-state index in [1.807, 2.05) is 26.8 Å². The molecule has 0 amide bonds. The number of nitrogens with zero attached hydrogens (tertiary/aromatic N) is 1. The first-order valence-electron chi connectivity index (χ1n) is 5.95. The maximum absolute atomic E-state index is 6.18. The van der Waals surface area contributed by atoms with Gasteiger partial charge in [-0.1, -0.05) is 28.9 Å². The van der Waals surface area contributed by atoms with Crippen molar-refractivity contribution in [3.05, 3.63) is 51.4 Å². The summed E-state index contributed by atoms with van der Waals surface area (Å²) in [5.74, 6) is 0.870. The number of nitrogens with one attached hydrogen (secondary N) is 1. The minimum absolute atomic E-state index is 0.739. The summed E-state index contributed by atoms with van der Waals surface area (Å²) in [6.07, 6.45) is 0. The molecule has 0 bridgehead atoms. The van der Waals surface area contributed by atoms with E-state index in [1.165, 1.54) is 5.56 Å². The van der Waals surface area contributed by atoms with Gasteiger partial charge in [0.05, 0.1) is 5.69 Å². The number of rotatable bonds is 4. The molecule has 1 heterocycles. The van der Waals surface area contributed by atoms with Gasteiger partial charge in [-0.05, 0) is 38.0 Å². The number of halogens is 1. The van der Waals surface area contributed by atoms with Crippen molar-refractivity contribution in [3.8, 4) is 0 Å². The monoisotopic (exact) mass is 264 g/mol. The molecule has 0 spiro atoms. The lowest BCUT2D eigenvalue weighted by Gasteiger charge is -2.07. The van der Waals surface area contributed by atoms with Gasteiger partial charge in [0.1, 0.15) is 5.76 Å². The lowest BCUT2D eigenvalue weighted by Crippen LogP contribution is -2.14. The minimum atomic E-state index is 0.739. The fourth-order valence-corrected chi connectivity index (χ4v) is 2.17. The van der Waals surface area contributed by atoms with Gasteiger partial charge in [-0.25, -0.2) is 0 Å². The number of hydrogen-bond acceptors (Lipinski definition) is 3. The number of benzene rings is 1. The molecule has 3 nitrogen and oxygen atoms in total. The lowest BCUT2D eigenvalue weighted by atomic mass is 10.1. The zero-order valence-electron chi connectivity index (χ0n) is 10.9. The van der Waals surface area contributed by atoms with E-state index in [2.05, 4.69) is 22.6 Å². The summed E-state index contributed by atoms with van der Waals surface area (Å²) in [4.78, 5) is 0. The fraction of sp³-hybridized carbons (Fsp3) is 0.357. The largest absolute Gasteiger partial charge is 0.361 e. The summed E-state index contributed by atoms with van der Waals surface area (Å²) in [5.41, 5.74) is 4.34. The van der Waals surface area contributed by atoms with Gasteiger partial charge in [0.15, 0.2) is 0 Å². The van der Waals surface area contributed by atoms with Gasteiger partial charge in [0.2, 0.25) is 0 Å². The molecule has 0 saturated carbocycles. The number of aryl methyl sites for hydroxylation is 3. The van der Waals surface area contributed by atoms with Crippen LogP contribution in [0.3, 0.4) is 0 Å². The standard InChI is InChI=1S/C14H17ClN2O/c1-9-4-5-12(14(15)6-9)7-16-8-13-10(2)17-18-11(13)3/h4-6,16H,7-8H2,1-3H3. The minimum Gasteiger partial charge on any atom is -0.361 e. The zero-order valence-corrected chi connectivity index (χ0v) is 11.6. The Balaban J connectivity index is 1.96. The Bertz CT molecular complexity index is 529. The van der Waals surface area contributed by atoms with E-state index < -0.39 is 0 Å². The molecule has 0 fully saturated rings. The van der Waals surface area contributed by atoms with E-state index in [9.17, 15) is 0 Å². The van der Waals surface area contributed by atoms with Gasteiger partial charge in [0, 0.05) is 23.7 Å². The predicted molar refractivity (Wildman–Crippen MR) is 72.7 cm³/mol. The van der Waals surface area contributed by atoms with E-state index in [-0.39, 0.29) is 0 Å². The second-order valence-corrected chi connectivity index (χ2v) is 4.91. The van der Waals surface area contributed by atoms with Crippen LogP contribution in [0.25, 0.3) is 0 Å². The molecule has 1 N–H and O–H groups in total. The second-order valence-electron chi connectivity index (χ2n) is 4.50. The van der Waals surface area contributed by atoms with Gasteiger partial charge >= 0.3 is 0 Å². The molecular weight excluding hydrogens is 248 g/mol. The normalized spacial score (nSPS) is 10.9. The Morgan fingerprint density at radius 2 is 2.00 bits per heavy atom. The maximum Gasteiger partial charge on any atom is 0.138 e. The molecule has 0 unspecified atom stereocenters. The quantitative estimate of drug-likeness (QED) is 0.918. The average Bonchev–Trinajstić information content (AvgIpc) is 2.63. The van der Waals surface area contributed by atoms with Crippen LogP contribution in [0.5, 0.6) is 0 Å². The van der Waals surface area contributed by atoms with E-state index in [4.69, 9.17) is 16.1 Å². The summed E-state index contributed by atoms with van der Waals surface area (Å²) in [5, 5.41) is 8.10. The summed E-state index contributed by atoms with van der Waals surface area (Å²) in [7, 11) is 0. The summed E-state index contributed by atoms with van der Waals surface area (Å²) < 4.78 is 5.12. The molecule has 1 aromatic carbocycles. The first-order valence-corrected chi connectivity index (χ1v) is 6.33. The van der Waals surface area contributed by atoms with Crippen LogP contribution < -0.4 is 5.32 Å². The third kappa shape index (κ3) is 2.92. The van der Waals surface area contributed by atoms with Crippen molar-refractivity contribution in [2.24, 2.45) is 0 Å². The van der Waals surface area contributed by atoms with Crippen LogP contribution in [0.2, 0.25) is 5.02 Å². The third-order valence-electron chi connectivity index (χ3n) is 3.01. The molecule has 1 aromatic heterocycles. The summed E-state index contributed by atoms with van der Waals surface area (Å²) in [6.45, 7) is 7.39. The SMILES string of the molecule is Cc1ccc(CNCc2c(C)noc2C)c(Cl)c1. The van der Waals surface area contributed by atoms with Crippen LogP contribution in [0, 0.1) is 20.8 Å². The Kier molecular flexibility index (Phi) is 4.04. The van der Waals surface area contributed by atoms with Crippen molar-refractivity contribution >= 4 is 11.6 Å². The molecule has 2 rings (SSSR count). The van der Waals surface area contributed by atoms with Crippen molar-refractivity contribution in [1.29, 1.82) is 0 Å². The fourth-order valence-electron chi connectivity index (χ4n) is 1.87. The van der Waals surface area contributed by atoms with Crippen LogP contribution in [0.4, 0.5) is 0 Å². The summed E-state index contributed by atoms with van der Waals surface area (Å²) >= 11 is 6.18. The highest BCUT2D eigenvalue weighted by Gasteiger charge is 2.08. The van der Waals surface area contributed by atoms with Crippen LogP contribution in [-0.2, 0) is 13.1 Å². The molecule has 0 aliphatic heterocycles. The first kappa shape index (κ1) is 13.1. The Labute approximate surface area is 112 Å². The van der Waals surface area contributed by atoms with E-state index in [0.29, 0.717) is 0 Å². The molecular formula is C14H17ClN2O. The van der Waals surface area contributed by atoms with Crippen LogP contribution in [0.15, 0.2) is 22.7 Å². The van der Waals surface area contributed by atoms with E-state index >= 15 is 0 Å². The Morgan fingerprint density at radius 1 is 1.22 bits per heavy atom. The second kappa shape index (κ2) is 5.55. The Morgan fingerprint density at radius 3 is 2.61 bits per heavy atom. The number of aromatic nitrogens is 1. The van der Waals surface area contributed by atoms with Gasteiger partial charge in [-0.15, -0.1) is 0 Å². The van der Waals surface area contributed by atoms with Crippen LogP contribution >= 0.6 is 11.6 Å². The van der Waals surface area contributed by atoms with Crippen molar-refractivity contribution in [2.45, 2.75) is 33.9 Å². The zero-order chi connectivity index (χ0) is 13.1. The first-order chi connectivity index (χ1) is 8.58. The Hall–Kier alpha value is -1.32. The third-order valence-corrected chi connectivity index (χ3v) is 3.36. The van der Waals surface area contributed by atoms with Crippen molar-refractivity contribution in [3.63, 3.8) is 0 Å². The van der Waals surface area contributed by atoms with Gasteiger partial charge in [-0.2, -0.15) is 0 Å². The average molecular weight is 265 g/mol. The van der Waals surface area contributed by atoms with Gasteiger partial charge in [-0.3, -0.25) is 0 Å². The molecule has 18 heavy (non-hydrogen) atoms. The molecule has 0 aliphatic rings. The topological polar surface area (TPSA) is 38.1 Å². The van der Waals surface area contributed by atoms with Crippen LogP contribution in [-0.4, -0.2) is 5.16 Å². The molecule has 0 atom stereocenters. The van der Waals surface area contributed by atoms with Crippen molar-refractivity contribution < 1.29 is 4.52 Å².